The predicted octanol–water partition coefficient (Wildman–Crippen LogP) is 2.94. The van der Waals surface area contributed by atoms with Gasteiger partial charge in [0, 0.05) is 6.07 Å². The Morgan fingerprint density at radius 1 is 1.33 bits per heavy atom. The number of nitrogens with one attached hydrogen (secondary N) is 1. The molecule has 0 bridgehead atoms. The van der Waals surface area contributed by atoms with Crippen LogP contribution in [-0.2, 0) is 6.42 Å². The predicted molar refractivity (Wildman–Crippen MR) is 84.4 cm³/mol. The average Bonchev–Trinajstić information content (AvgIpc) is 2.55. The number of fused-ring (bicyclic) bond motifs is 1. The Kier molecular flexibility index (Phi) is 4.26. The summed E-state index contributed by atoms with van der Waals surface area (Å²) in [6.45, 7) is 0. The normalized spacial score (nSPS) is 17.1. The Balaban J connectivity index is 1.87. The van der Waals surface area contributed by atoms with Gasteiger partial charge in [0.25, 0.3) is 0 Å². The molecule has 110 valence electrons. The van der Waals surface area contributed by atoms with Gasteiger partial charge in [0.05, 0.1) is 0 Å². The minimum atomic E-state index is 0.0465. The van der Waals surface area contributed by atoms with Crippen LogP contribution in [0.15, 0.2) is 35.5 Å². The fraction of sp³-hybridized carbons (Fsp3) is 0.333. The Hall–Kier alpha value is -1.79. The number of hydrazine groups is 1. The van der Waals surface area contributed by atoms with Crippen molar-refractivity contribution in [2.24, 2.45) is 5.84 Å². The molecule has 3 N–H and O–H groups in total. The molecule has 1 aromatic heterocycles. The second kappa shape index (κ2) is 6.32. The lowest BCUT2D eigenvalue weighted by atomic mass is 9.89. The van der Waals surface area contributed by atoms with E-state index in [-0.39, 0.29) is 6.10 Å². The molecule has 5 nitrogen and oxygen atoms in total. The molecule has 1 aliphatic carbocycles. The lowest BCUT2D eigenvalue weighted by Crippen LogP contribution is -2.16. The number of aromatic nitrogens is 2. The van der Waals surface area contributed by atoms with E-state index in [9.17, 15) is 0 Å². The van der Waals surface area contributed by atoms with Crippen molar-refractivity contribution >= 4 is 17.6 Å². The van der Waals surface area contributed by atoms with Crippen LogP contribution in [0.5, 0.6) is 5.88 Å². The summed E-state index contributed by atoms with van der Waals surface area (Å²) < 4.78 is 6.11. The number of thioether (sulfide) groups is 1. The van der Waals surface area contributed by atoms with Crippen molar-refractivity contribution in [3.63, 3.8) is 0 Å². The molecule has 0 saturated heterocycles. The number of benzene rings is 1. The van der Waals surface area contributed by atoms with Gasteiger partial charge in [-0.05, 0) is 36.6 Å². The number of hydrogen-bond donors (Lipinski definition) is 2. The highest BCUT2D eigenvalue weighted by atomic mass is 32.2. The van der Waals surface area contributed by atoms with Gasteiger partial charge in [-0.15, -0.1) is 0 Å². The highest BCUT2D eigenvalue weighted by Crippen LogP contribution is 2.33. The number of nitrogens with two attached hydrogens (primary N) is 1. The van der Waals surface area contributed by atoms with Crippen LogP contribution >= 0.6 is 11.8 Å². The lowest BCUT2D eigenvalue weighted by molar-refractivity contribution is 0.174. The molecule has 1 heterocycles. The Labute approximate surface area is 128 Å². The van der Waals surface area contributed by atoms with Gasteiger partial charge < -0.3 is 10.2 Å². The molecule has 0 spiro atoms. The number of aryl methyl sites for hydroxylation is 1. The molecule has 1 atom stereocenters. The molecule has 0 saturated carbocycles. The number of ether oxygens (including phenoxy) is 1. The minimum absolute atomic E-state index is 0.0465. The maximum Gasteiger partial charge on any atom is 0.220 e. The van der Waals surface area contributed by atoms with Crippen molar-refractivity contribution in [1.82, 2.24) is 9.97 Å². The van der Waals surface area contributed by atoms with Crippen LogP contribution < -0.4 is 16.0 Å². The zero-order valence-electron chi connectivity index (χ0n) is 11.9. The number of anilines is 1. The van der Waals surface area contributed by atoms with Crippen molar-refractivity contribution in [2.75, 3.05) is 11.7 Å². The maximum atomic E-state index is 6.11. The number of nitrogen functional groups attached to an aromatic ring is 1. The smallest absolute Gasteiger partial charge is 0.220 e. The van der Waals surface area contributed by atoms with Gasteiger partial charge in [-0.2, -0.15) is 4.98 Å². The van der Waals surface area contributed by atoms with Crippen molar-refractivity contribution in [1.29, 1.82) is 0 Å². The molecular formula is C15H18N4OS. The summed E-state index contributed by atoms with van der Waals surface area (Å²) in [5.74, 6) is 6.57. The van der Waals surface area contributed by atoms with Gasteiger partial charge >= 0.3 is 0 Å². The Morgan fingerprint density at radius 2 is 2.19 bits per heavy atom. The summed E-state index contributed by atoms with van der Waals surface area (Å²) in [4.78, 5) is 8.64. The van der Waals surface area contributed by atoms with Crippen molar-refractivity contribution in [3.8, 4) is 5.88 Å². The van der Waals surface area contributed by atoms with Crippen molar-refractivity contribution in [3.05, 3.63) is 41.5 Å². The first-order chi connectivity index (χ1) is 10.3. The van der Waals surface area contributed by atoms with E-state index < -0.39 is 0 Å². The molecule has 0 fully saturated rings. The van der Waals surface area contributed by atoms with E-state index in [4.69, 9.17) is 10.6 Å². The second-order valence-corrected chi connectivity index (χ2v) is 5.69. The first-order valence-corrected chi connectivity index (χ1v) is 8.17. The topological polar surface area (TPSA) is 73.1 Å². The molecule has 21 heavy (non-hydrogen) atoms. The largest absolute Gasteiger partial charge is 0.469 e. The fourth-order valence-corrected chi connectivity index (χ4v) is 2.98. The van der Waals surface area contributed by atoms with Crippen LogP contribution in [0.1, 0.15) is 30.1 Å². The third-order valence-corrected chi connectivity index (χ3v) is 4.14. The highest BCUT2D eigenvalue weighted by Gasteiger charge is 2.22. The first-order valence-electron chi connectivity index (χ1n) is 6.94. The van der Waals surface area contributed by atoms with Crippen LogP contribution in [0.2, 0.25) is 0 Å². The van der Waals surface area contributed by atoms with Crippen LogP contribution in [0.3, 0.4) is 0 Å². The number of nitrogens with zero attached hydrogens (tertiary/aromatic N) is 2. The first kappa shape index (κ1) is 14.2. The molecule has 0 amide bonds. The quantitative estimate of drug-likeness (QED) is 0.391. The molecular weight excluding hydrogens is 284 g/mol. The van der Waals surface area contributed by atoms with Gasteiger partial charge in [-0.3, -0.25) is 0 Å². The van der Waals surface area contributed by atoms with Crippen molar-refractivity contribution in [2.45, 2.75) is 30.5 Å². The maximum absolute atomic E-state index is 6.11. The molecule has 1 aliphatic rings. The molecule has 1 unspecified atom stereocenters. The molecule has 0 radical (unpaired) electrons. The van der Waals surface area contributed by atoms with E-state index in [0.29, 0.717) is 16.9 Å². The van der Waals surface area contributed by atoms with Crippen LogP contribution in [-0.4, -0.2) is 16.2 Å². The summed E-state index contributed by atoms with van der Waals surface area (Å²) >= 11 is 1.46. The van der Waals surface area contributed by atoms with E-state index in [2.05, 4.69) is 39.7 Å². The number of hydrogen-bond acceptors (Lipinski definition) is 6. The third-order valence-electron chi connectivity index (χ3n) is 3.59. The van der Waals surface area contributed by atoms with Crippen molar-refractivity contribution < 1.29 is 4.74 Å². The summed E-state index contributed by atoms with van der Waals surface area (Å²) in [5.41, 5.74) is 5.18. The van der Waals surface area contributed by atoms with E-state index in [1.165, 1.54) is 22.9 Å². The zero-order chi connectivity index (χ0) is 14.7. The molecule has 3 rings (SSSR count). The molecule has 1 aromatic carbocycles. The van der Waals surface area contributed by atoms with Gasteiger partial charge in [-0.25, -0.2) is 10.8 Å². The summed E-state index contributed by atoms with van der Waals surface area (Å²) in [6.07, 6.45) is 5.22. The van der Waals surface area contributed by atoms with Gasteiger partial charge in [0.1, 0.15) is 11.9 Å². The Bertz CT molecular complexity index is 613. The Morgan fingerprint density at radius 3 is 3.00 bits per heavy atom. The highest BCUT2D eigenvalue weighted by molar-refractivity contribution is 7.98. The average molecular weight is 302 g/mol. The minimum Gasteiger partial charge on any atom is -0.469 e. The fourth-order valence-electron chi connectivity index (χ4n) is 2.61. The van der Waals surface area contributed by atoms with E-state index in [1.54, 1.807) is 6.07 Å². The lowest BCUT2D eigenvalue weighted by Gasteiger charge is -2.26. The second-order valence-electron chi connectivity index (χ2n) is 4.92. The van der Waals surface area contributed by atoms with E-state index in [0.717, 1.165) is 19.3 Å². The SMILES string of the molecule is CSc1nc(NN)cc(OC2CCCc3ccccc32)n1. The summed E-state index contributed by atoms with van der Waals surface area (Å²) in [5, 5.41) is 0.643. The summed E-state index contributed by atoms with van der Waals surface area (Å²) in [6, 6.07) is 10.2. The molecule has 2 aromatic rings. The third kappa shape index (κ3) is 3.11. The van der Waals surface area contributed by atoms with Crippen LogP contribution in [0, 0.1) is 0 Å². The zero-order valence-corrected chi connectivity index (χ0v) is 12.7. The molecule has 0 aliphatic heterocycles. The number of rotatable bonds is 4. The van der Waals surface area contributed by atoms with Crippen LogP contribution in [0.4, 0.5) is 5.82 Å². The monoisotopic (exact) mass is 302 g/mol. The molecule has 6 heteroatoms. The standard InChI is InChI=1S/C15H18N4OS/c1-21-15-17-13(19-16)9-14(18-15)20-12-8-4-6-10-5-2-3-7-11(10)12/h2-3,5,7,9,12H,4,6,8,16H2,1H3,(H,17,18,19). The van der Waals surface area contributed by atoms with Gasteiger partial charge in [0.15, 0.2) is 5.16 Å². The van der Waals surface area contributed by atoms with Gasteiger partial charge in [0.2, 0.25) is 5.88 Å². The van der Waals surface area contributed by atoms with Crippen LogP contribution in [0.25, 0.3) is 0 Å². The summed E-state index contributed by atoms with van der Waals surface area (Å²) in [7, 11) is 0. The van der Waals surface area contributed by atoms with E-state index in [1.807, 2.05) is 6.26 Å². The van der Waals surface area contributed by atoms with Gasteiger partial charge in [-0.1, -0.05) is 36.0 Å². The van der Waals surface area contributed by atoms with E-state index >= 15 is 0 Å².